The first-order valence-electron chi connectivity index (χ1n) is 6.53. The van der Waals surface area contributed by atoms with Crippen LogP contribution in [0.5, 0.6) is 0 Å². The molecule has 1 aromatic carbocycles. The first-order chi connectivity index (χ1) is 8.95. The summed E-state index contributed by atoms with van der Waals surface area (Å²) in [5, 5.41) is 3.79. The Morgan fingerprint density at radius 1 is 1.47 bits per heavy atom. The van der Waals surface area contributed by atoms with Crippen molar-refractivity contribution in [1.29, 1.82) is 0 Å². The number of hydrogen-bond acceptors (Lipinski definition) is 3. The highest BCUT2D eigenvalue weighted by atomic mass is 16.3. The topological polar surface area (TPSA) is 68.3 Å². The van der Waals surface area contributed by atoms with E-state index in [4.69, 9.17) is 10.2 Å². The van der Waals surface area contributed by atoms with Gasteiger partial charge in [0.2, 0.25) is 0 Å². The van der Waals surface area contributed by atoms with Crippen molar-refractivity contribution >= 4 is 22.6 Å². The van der Waals surface area contributed by atoms with Crippen molar-refractivity contribution in [2.75, 3.05) is 12.3 Å². The summed E-state index contributed by atoms with van der Waals surface area (Å²) in [7, 11) is 0. The molecule has 3 N–H and O–H groups in total. The molecule has 1 fully saturated rings. The van der Waals surface area contributed by atoms with Gasteiger partial charge in [-0.2, -0.15) is 0 Å². The van der Waals surface area contributed by atoms with Crippen LogP contribution in [-0.4, -0.2) is 12.5 Å². The molecule has 1 aliphatic rings. The lowest BCUT2D eigenvalue weighted by atomic mass is 10.1. The van der Waals surface area contributed by atoms with E-state index in [1.165, 1.54) is 6.42 Å². The third kappa shape index (κ3) is 2.30. The summed E-state index contributed by atoms with van der Waals surface area (Å²) in [5.41, 5.74) is 7.43. The molecule has 100 valence electrons. The van der Waals surface area contributed by atoms with Gasteiger partial charge in [-0.15, -0.1) is 0 Å². The number of fused-ring (bicyclic) bond motifs is 1. The van der Waals surface area contributed by atoms with E-state index in [9.17, 15) is 4.79 Å². The van der Waals surface area contributed by atoms with Gasteiger partial charge in [0.1, 0.15) is 5.58 Å². The highest BCUT2D eigenvalue weighted by molar-refractivity contribution is 5.96. The zero-order valence-corrected chi connectivity index (χ0v) is 11.2. The van der Waals surface area contributed by atoms with Gasteiger partial charge in [0.05, 0.1) is 0 Å². The smallest absolute Gasteiger partial charge is 0.287 e. The molecule has 1 aliphatic carbocycles. The molecule has 1 saturated carbocycles. The fourth-order valence-electron chi connectivity index (χ4n) is 2.40. The number of rotatable bonds is 3. The Morgan fingerprint density at radius 3 is 2.89 bits per heavy atom. The van der Waals surface area contributed by atoms with Crippen molar-refractivity contribution in [1.82, 2.24) is 5.32 Å². The van der Waals surface area contributed by atoms with E-state index in [0.717, 1.165) is 5.39 Å². The summed E-state index contributed by atoms with van der Waals surface area (Å²) in [4.78, 5) is 12.0. The molecule has 0 spiro atoms. The number of hydrogen-bond donors (Lipinski definition) is 2. The van der Waals surface area contributed by atoms with Crippen molar-refractivity contribution in [3.63, 3.8) is 0 Å². The van der Waals surface area contributed by atoms with E-state index in [2.05, 4.69) is 19.2 Å². The van der Waals surface area contributed by atoms with E-state index in [1.54, 1.807) is 24.3 Å². The maximum atomic E-state index is 12.0. The van der Waals surface area contributed by atoms with Gasteiger partial charge >= 0.3 is 0 Å². The lowest BCUT2D eigenvalue weighted by molar-refractivity contribution is 0.0925. The number of amides is 1. The Kier molecular flexibility index (Phi) is 2.55. The molecule has 0 aliphatic heterocycles. The second kappa shape index (κ2) is 4.02. The van der Waals surface area contributed by atoms with E-state index < -0.39 is 0 Å². The van der Waals surface area contributed by atoms with Crippen LogP contribution in [0, 0.1) is 11.3 Å². The quantitative estimate of drug-likeness (QED) is 0.832. The van der Waals surface area contributed by atoms with Crippen molar-refractivity contribution in [2.45, 2.75) is 20.3 Å². The summed E-state index contributed by atoms with van der Waals surface area (Å²) in [6.45, 7) is 5.15. The summed E-state index contributed by atoms with van der Waals surface area (Å²) < 4.78 is 5.52. The summed E-state index contributed by atoms with van der Waals surface area (Å²) in [6, 6.07) is 7.09. The number of nitrogens with two attached hydrogens (primary N) is 1. The summed E-state index contributed by atoms with van der Waals surface area (Å²) in [5.74, 6) is 0.771. The van der Waals surface area contributed by atoms with Gasteiger partial charge in [-0.05, 0) is 42.0 Å². The Bertz CT molecular complexity index is 643. The van der Waals surface area contributed by atoms with Crippen molar-refractivity contribution in [3.8, 4) is 0 Å². The predicted octanol–water partition coefficient (Wildman–Crippen LogP) is 2.79. The molecule has 0 bridgehead atoms. The number of nitrogen functional groups attached to an aromatic ring is 1. The maximum absolute atomic E-state index is 12.0. The van der Waals surface area contributed by atoms with Gasteiger partial charge in [-0.25, -0.2) is 0 Å². The fourth-order valence-corrected chi connectivity index (χ4v) is 2.40. The van der Waals surface area contributed by atoms with Crippen LogP contribution >= 0.6 is 0 Å². The van der Waals surface area contributed by atoms with Gasteiger partial charge in [0, 0.05) is 17.6 Å². The minimum Gasteiger partial charge on any atom is -0.451 e. The van der Waals surface area contributed by atoms with Gasteiger partial charge < -0.3 is 15.5 Å². The zero-order chi connectivity index (χ0) is 13.6. The van der Waals surface area contributed by atoms with E-state index >= 15 is 0 Å². The third-order valence-electron chi connectivity index (χ3n) is 3.99. The molecule has 0 saturated heterocycles. The van der Waals surface area contributed by atoms with E-state index in [1.807, 2.05) is 0 Å². The van der Waals surface area contributed by atoms with Crippen LogP contribution in [0.4, 0.5) is 5.69 Å². The van der Waals surface area contributed by atoms with E-state index in [-0.39, 0.29) is 5.91 Å². The first-order valence-corrected chi connectivity index (χ1v) is 6.53. The van der Waals surface area contributed by atoms with Crippen LogP contribution in [-0.2, 0) is 0 Å². The average molecular weight is 258 g/mol. The molecule has 19 heavy (non-hydrogen) atoms. The number of furan rings is 1. The monoisotopic (exact) mass is 258 g/mol. The average Bonchev–Trinajstić information content (AvgIpc) is 2.78. The van der Waals surface area contributed by atoms with Crippen LogP contribution in [0.25, 0.3) is 11.0 Å². The Hall–Kier alpha value is -1.97. The van der Waals surface area contributed by atoms with Crippen LogP contribution in [0.1, 0.15) is 30.8 Å². The highest BCUT2D eigenvalue weighted by Crippen LogP contribution is 2.50. The standard InChI is InChI=1S/C15H18N2O2/c1-15(2)7-10(15)8-17-14(18)13-6-9-5-11(16)3-4-12(9)19-13/h3-6,10H,7-8,16H2,1-2H3,(H,17,18). The SMILES string of the molecule is CC1(C)CC1CNC(=O)c1cc2cc(N)ccc2o1. The minimum absolute atomic E-state index is 0.155. The molecule has 1 atom stereocenters. The number of benzene rings is 1. The molecule has 2 aromatic rings. The Morgan fingerprint density at radius 2 is 2.21 bits per heavy atom. The van der Waals surface area contributed by atoms with Gasteiger partial charge in [0.25, 0.3) is 5.91 Å². The van der Waals surface area contributed by atoms with Crippen LogP contribution in [0.2, 0.25) is 0 Å². The molecule has 0 radical (unpaired) electrons. The van der Waals surface area contributed by atoms with Crippen LogP contribution in [0.15, 0.2) is 28.7 Å². The van der Waals surface area contributed by atoms with Gasteiger partial charge in [-0.1, -0.05) is 13.8 Å². The summed E-state index contributed by atoms with van der Waals surface area (Å²) >= 11 is 0. The molecule has 4 heteroatoms. The number of carbonyl (C=O) groups is 1. The number of nitrogens with one attached hydrogen (secondary N) is 1. The molecule has 3 rings (SSSR count). The third-order valence-corrected chi connectivity index (χ3v) is 3.99. The van der Waals surface area contributed by atoms with Crippen molar-refractivity contribution in [3.05, 3.63) is 30.0 Å². The largest absolute Gasteiger partial charge is 0.451 e. The maximum Gasteiger partial charge on any atom is 0.287 e. The second-order valence-electron chi connectivity index (χ2n) is 6.01. The second-order valence-corrected chi connectivity index (χ2v) is 6.01. The molecule has 1 aromatic heterocycles. The van der Waals surface area contributed by atoms with Crippen LogP contribution < -0.4 is 11.1 Å². The van der Waals surface area contributed by atoms with Crippen molar-refractivity contribution in [2.24, 2.45) is 11.3 Å². The van der Waals surface area contributed by atoms with Gasteiger partial charge in [0.15, 0.2) is 5.76 Å². The Labute approximate surface area is 112 Å². The molecule has 1 unspecified atom stereocenters. The summed E-state index contributed by atoms with van der Waals surface area (Å²) in [6.07, 6.45) is 1.17. The highest BCUT2D eigenvalue weighted by Gasteiger charge is 2.45. The minimum atomic E-state index is -0.155. The number of anilines is 1. The van der Waals surface area contributed by atoms with Gasteiger partial charge in [-0.3, -0.25) is 4.79 Å². The normalized spacial score (nSPS) is 20.4. The lowest BCUT2D eigenvalue weighted by Gasteiger charge is -2.04. The molecule has 1 amide bonds. The van der Waals surface area contributed by atoms with Crippen molar-refractivity contribution < 1.29 is 9.21 Å². The van der Waals surface area contributed by atoms with Crippen LogP contribution in [0.3, 0.4) is 0 Å². The predicted molar refractivity (Wildman–Crippen MR) is 74.8 cm³/mol. The molecular weight excluding hydrogens is 240 g/mol. The Balaban J connectivity index is 1.71. The molecular formula is C15H18N2O2. The molecule has 4 nitrogen and oxygen atoms in total. The fraction of sp³-hybridized carbons (Fsp3) is 0.400. The lowest BCUT2D eigenvalue weighted by Crippen LogP contribution is -2.26. The first kappa shape index (κ1) is 12.1. The number of carbonyl (C=O) groups excluding carboxylic acids is 1. The molecule has 1 heterocycles. The van der Waals surface area contributed by atoms with E-state index in [0.29, 0.717) is 34.9 Å². The zero-order valence-electron chi connectivity index (χ0n) is 11.2.